The molecule has 9 heteroatoms. The Kier molecular flexibility index (Phi) is 6.34. The largest absolute Gasteiger partial charge is 0.481 e. The first-order valence-electron chi connectivity index (χ1n) is 6.27. The predicted molar refractivity (Wildman–Crippen MR) is 71.1 cm³/mol. The van der Waals surface area contributed by atoms with Gasteiger partial charge in [0.05, 0.1) is 19.5 Å². The molecule has 1 heterocycles. The van der Waals surface area contributed by atoms with E-state index in [2.05, 4.69) is 20.0 Å². The molecule has 0 aliphatic heterocycles. The number of nitrogens with zero attached hydrogens (tertiary/aromatic N) is 1. The molecule has 0 unspecified atom stereocenters. The van der Waals surface area contributed by atoms with Gasteiger partial charge in [-0.2, -0.15) is 0 Å². The maximum Gasteiger partial charge on any atom is 0.328 e. The van der Waals surface area contributed by atoms with Crippen molar-refractivity contribution in [3.63, 3.8) is 0 Å². The number of aromatic nitrogens is 2. The zero-order chi connectivity index (χ0) is 15.8. The number of nitrogens with two attached hydrogens (primary N) is 1. The molecule has 0 aliphatic carbocycles. The number of hydrogen-bond acceptors (Lipinski definition) is 6. The number of nitrogens with one attached hydrogen (secondary N) is 2. The van der Waals surface area contributed by atoms with Crippen molar-refractivity contribution >= 4 is 17.8 Å². The molecule has 2 atom stereocenters. The van der Waals surface area contributed by atoms with Crippen molar-refractivity contribution in [1.82, 2.24) is 15.3 Å². The van der Waals surface area contributed by atoms with Crippen molar-refractivity contribution in [2.75, 3.05) is 7.11 Å². The molecule has 0 bridgehead atoms. The molecule has 0 aromatic carbocycles. The Bertz CT molecular complexity index is 488. The van der Waals surface area contributed by atoms with Gasteiger partial charge in [-0.3, -0.25) is 9.59 Å². The van der Waals surface area contributed by atoms with Crippen molar-refractivity contribution in [2.45, 2.75) is 31.3 Å². The number of methoxy groups -OCH3 is 1. The molecule has 1 aromatic heterocycles. The number of aliphatic carboxylic acids is 1. The summed E-state index contributed by atoms with van der Waals surface area (Å²) in [5.74, 6) is -2.27. The minimum Gasteiger partial charge on any atom is -0.481 e. The zero-order valence-corrected chi connectivity index (χ0v) is 11.5. The second kappa shape index (κ2) is 8.00. The number of carbonyl (C=O) groups excluding carboxylic acids is 2. The molecule has 1 amide bonds. The maximum atomic E-state index is 11.9. The number of ether oxygens (including phenoxy) is 1. The van der Waals surface area contributed by atoms with Gasteiger partial charge in [-0.15, -0.1) is 0 Å². The third kappa shape index (κ3) is 5.61. The molecule has 1 aromatic rings. The molecule has 21 heavy (non-hydrogen) atoms. The van der Waals surface area contributed by atoms with Crippen LogP contribution in [-0.4, -0.2) is 52.1 Å². The van der Waals surface area contributed by atoms with Crippen LogP contribution in [0.15, 0.2) is 12.5 Å². The average Bonchev–Trinajstić information content (AvgIpc) is 2.95. The van der Waals surface area contributed by atoms with Crippen LogP contribution < -0.4 is 11.1 Å². The highest BCUT2D eigenvalue weighted by Crippen LogP contribution is 2.02. The lowest BCUT2D eigenvalue weighted by molar-refractivity contribution is -0.145. The van der Waals surface area contributed by atoms with Gasteiger partial charge in [0, 0.05) is 24.7 Å². The van der Waals surface area contributed by atoms with Crippen LogP contribution in [0.1, 0.15) is 18.5 Å². The summed E-state index contributed by atoms with van der Waals surface area (Å²) >= 11 is 0. The molecule has 0 aliphatic rings. The number of esters is 1. The third-order valence-electron chi connectivity index (χ3n) is 2.79. The molecule has 1 rings (SSSR count). The summed E-state index contributed by atoms with van der Waals surface area (Å²) in [6.07, 6.45) is 2.90. The molecule has 0 saturated heterocycles. The second-order valence-electron chi connectivity index (χ2n) is 4.40. The maximum absolute atomic E-state index is 11.9. The number of rotatable bonds is 8. The Morgan fingerprint density at radius 1 is 1.52 bits per heavy atom. The highest BCUT2D eigenvalue weighted by atomic mass is 16.5. The summed E-state index contributed by atoms with van der Waals surface area (Å²) in [4.78, 5) is 40.6. The number of hydrogen-bond donors (Lipinski definition) is 4. The fraction of sp³-hybridized carbons (Fsp3) is 0.500. The quantitative estimate of drug-likeness (QED) is 0.441. The summed E-state index contributed by atoms with van der Waals surface area (Å²) in [5, 5.41) is 11.0. The highest BCUT2D eigenvalue weighted by molar-refractivity contribution is 5.87. The lowest BCUT2D eigenvalue weighted by atomic mass is 10.1. The van der Waals surface area contributed by atoms with Gasteiger partial charge < -0.3 is 25.9 Å². The molecular weight excluding hydrogens is 280 g/mol. The van der Waals surface area contributed by atoms with Crippen LogP contribution in [0.5, 0.6) is 0 Å². The first kappa shape index (κ1) is 16.6. The minimum absolute atomic E-state index is 0.0148. The van der Waals surface area contributed by atoms with E-state index in [9.17, 15) is 14.4 Å². The summed E-state index contributed by atoms with van der Waals surface area (Å²) in [6, 6.07) is -1.92. The van der Waals surface area contributed by atoms with Crippen LogP contribution >= 0.6 is 0 Å². The predicted octanol–water partition coefficient (Wildman–Crippen LogP) is -1.20. The van der Waals surface area contributed by atoms with Gasteiger partial charge in [-0.1, -0.05) is 0 Å². The first-order valence-corrected chi connectivity index (χ1v) is 6.27. The normalized spacial score (nSPS) is 13.2. The summed E-state index contributed by atoms with van der Waals surface area (Å²) in [6.45, 7) is 0. The monoisotopic (exact) mass is 298 g/mol. The number of carbonyl (C=O) groups is 3. The van der Waals surface area contributed by atoms with Gasteiger partial charge in [0.15, 0.2) is 0 Å². The second-order valence-corrected chi connectivity index (χ2v) is 4.40. The van der Waals surface area contributed by atoms with E-state index in [0.29, 0.717) is 5.69 Å². The van der Waals surface area contributed by atoms with E-state index in [-0.39, 0.29) is 19.3 Å². The molecule has 116 valence electrons. The van der Waals surface area contributed by atoms with Crippen molar-refractivity contribution in [3.8, 4) is 0 Å². The number of imidazole rings is 1. The molecule has 9 nitrogen and oxygen atoms in total. The van der Waals surface area contributed by atoms with E-state index >= 15 is 0 Å². The molecule has 0 spiro atoms. The van der Waals surface area contributed by atoms with E-state index in [1.165, 1.54) is 19.6 Å². The van der Waals surface area contributed by atoms with Crippen LogP contribution in [0.3, 0.4) is 0 Å². The fourth-order valence-electron chi connectivity index (χ4n) is 1.64. The van der Waals surface area contributed by atoms with Gasteiger partial charge in [-0.25, -0.2) is 9.78 Å². The number of carboxylic acids is 1. The topological polar surface area (TPSA) is 147 Å². The van der Waals surface area contributed by atoms with E-state index < -0.39 is 29.9 Å². The van der Waals surface area contributed by atoms with Gasteiger partial charge in [0.2, 0.25) is 5.91 Å². The van der Waals surface area contributed by atoms with Gasteiger partial charge in [0.25, 0.3) is 0 Å². The Morgan fingerprint density at radius 3 is 2.76 bits per heavy atom. The Labute approximate surface area is 120 Å². The average molecular weight is 298 g/mol. The highest BCUT2D eigenvalue weighted by Gasteiger charge is 2.25. The van der Waals surface area contributed by atoms with Crippen molar-refractivity contribution in [1.29, 1.82) is 0 Å². The van der Waals surface area contributed by atoms with Crippen LogP contribution in [0.25, 0.3) is 0 Å². The van der Waals surface area contributed by atoms with Gasteiger partial charge in [-0.05, 0) is 6.42 Å². The number of amides is 1. The minimum atomic E-state index is -1.04. The zero-order valence-electron chi connectivity index (χ0n) is 11.5. The van der Waals surface area contributed by atoms with Crippen LogP contribution in [-0.2, 0) is 25.5 Å². The molecule has 0 saturated carbocycles. The molecular formula is C12H18N4O5. The van der Waals surface area contributed by atoms with E-state index in [4.69, 9.17) is 10.8 Å². The smallest absolute Gasteiger partial charge is 0.328 e. The first-order chi connectivity index (χ1) is 9.93. The Morgan fingerprint density at radius 2 is 2.24 bits per heavy atom. The fourth-order valence-corrected chi connectivity index (χ4v) is 1.64. The van der Waals surface area contributed by atoms with E-state index in [0.717, 1.165) is 0 Å². The lowest BCUT2D eigenvalue weighted by Crippen LogP contribution is -2.49. The number of aromatic amines is 1. The van der Waals surface area contributed by atoms with E-state index in [1.807, 2.05) is 0 Å². The van der Waals surface area contributed by atoms with Gasteiger partial charge >= 0.3 is 11.9 Å². The molecule has 5 N–H and O–H groups in total. The van der Waals surface area contributed by atoms with E-state index in [1.54, 1.807) is 0 Å². The van der Waals surface area contributed by atoms with Crippen molar-refractivity contribution < 1.29 is 24.2 Å². The number of H-pyrrole nitrogens is 1. The summed E-state index contributed by atoms with van der Waals surface area (Å²) in [7, 11) is 1.21. The summed E-state index contributed by atoms with van der Waals surface area (Å²) < 4.78 is 4.62. The van der Waals surface area contributed by atoms with Crippen molar-refractivity contribution in [3.05, 3.63) is 18.2 Å². The van der Waals surface area contributed by atoms with Crippen LogP contribution in [0.2, 0.25) is 0 Å². The Balaban J connectivity index is 2.61. The third-order valence-corrected chi connectivity index (χ3v) is 2.79. The van der Waals surface area contributed by atoms with Crippen LogP contribution in [0.4, 0.5) is 0 Å². The standard InChI is InChI=1S/C12H18N4O5/c1-21-12(20)9(4-7-5-14-6-15-7)16-11(19)8(13)2-3-10(17)18/h5-6,8-9H,2-4,13H2,1H3,(H,14,15)(H,16,19)(H,17,18)/t8-,9-/m0/s1. The van der Waals surface area contributed by atoms with Crippen molar-refractivity contribution in [2.24, 2.45) is 5.73 Å². The lowest BCUT2D eigenvalue weighted by Gasteiger charge is -2.18. The summed E-state index contributed by atoms with van der Waals surface area (Å²) in [5.41, 5.74) is 6.22. The Hall–Kier alpha value is -2.42. The molecule has 0 fully saturated rings. The van der Waals surface area contributed by atoms with Gasteiger partial charge in [0.1, 0.15) is 6.04 Å². The van der Waals surface area contributed by atoms with Crippen LogP contribution in [0, 0.1) is 0 Å². The SMILES string of the molecule is COC(=O)[C@H](Cc1cnc[nH]1)NC(=O)[C@@H](N)CCC(=O)O. The number of carboxylic acid groups (broad SMARTS) is 1. The molecule has 0 radical (unpaired) electrons.